The molecule has 7 nitrogen and oxygen atoms in total. The van der Waals surface area contributed by atoms with E-state index in [2.05, 4.69) is 4.98 Å². The van der Waals surface area contributed by atoms with Gasteiger partial charge in [-0.2, -0.15) is 0 Å². The summed E-state index contributed by atoms with van der Waals surface area (Å²) in [4.78, 5) is 33.2. The highest BCUT2D eigenvalue weighted by atomic mass is 32.1. The molecule has 5 aromatic rings. The molecule has 2 heterocycles. The number of ketones is 1. The average molecular weight is 595 g/mol. The van der Waals surface area contributed by atoms with Crippen molar-refractivity contribution in [2.24, 2.45) is 0 Å². The number of aromatic nitrogens is 1. The van der Waals surface area contributed by atoms with Gasteiger partial charge in [0.2, 0.25) is 0 Å². The quantitative estimate of drug-likeness (QED) is 0.115. The zero-order chi connectivity index (χ0) is 30.1. The van der Waals surface area contributed by atoms with Crippen molar-refractivity contribution in [1.29, 1.82) is 0 Å². The second-order valence-electron chi connectivity index (χ2n) is 10.1. The normalized spacial score (nSPS) is 16.2. The minimum atomic E-state index is -1.03. The van der Waals surface area contributed by atoms with Crippen molar-refractivity contribution in [3.63, 3.8) is 0 Å². The summed E-state index contributed by atoms with van der Waals surface area (Å²) in [7, 11) is 0. The van der Waals surface area contributed by atoms with Crippen molar-refractivity contribution < 1.29 is 28.6 Å². The molecular weight excluding hydrogens is 567 g/mol. The lowest BCUT2D eigenvalue weighted by Crippen LogP contribution is -2.29. The number of hydrogen-bond donors (Lipinski definition) is 1. The van der Waals surface area contributed by atoms with Crippen LogP contribution in [-0.4, -0.2) is 28.4 Å². The molecule has 1 amide bonds. The summed E-state index contributed by atoms with van der Waals surface area (Å²) in [6.45, 7) is 4.47. The van der Waals surface area contributed by atoms with Crippen LogP contribution in [0.4, 0.5) is 9.52 Å². The summed E-state index contributed by atoms with van der Waals surface area (Å²) < 4.78 is 26.5. The fourth-order valence-electron chi connectivity index (χ4n) is 5.05. The molecule has 43 heavy (non-hydrogen) atoms. The van der Waals surface area contributed by atoms with E-state index in [1.54, 1.807) is 18.2 Å². The number of ether oxygens (including phenoxy) is 2. The molecule has 9 heteroatoms. The molecular formula is C34H27FN2O5S. The first-order chi connectivity index (χ1) is 20.8. The van der Waals surface area contributed by atoms with Crippen LogP contribution in [0.3, 0.4) is 0 Å². The number of nitrogens with zero attached hydrogens (tertiary/aromatic N) is 2. The molecule has 1 aliphatic rings. The summed E-state index contributed by atoms with van der Waals surface area (Å²) in [5, 5.41) is 11.7. The number of hydrogen-bond acceptors (Lipinski definition) is 7. The van der Waals surface area contributed by atoms with Gasteiger partial charge >= 0.3 is 5.91 Å². The van der Waals surface area contributed by atoms with E-state index in [0.29, 0.717) is 40.9 Å². The molecule has 1 N–H and O–H groups in total. The fourth-order valence-corrected chi connectivity index (χ4v) is 6.14. The number of fused-ring (bicyclic) bond motifs is 1. The SMILES string of the molecule is CCOc1cc(C2/C(=C(\O)c3ccc(F)cc3)C(=O)C(=O)N2c2nc3ccc(C)cc3s2)ccc1OCc1ccccc1. The van der Waals surface area contributed by atoms with Crippen molar-refractivity contribution >= 4 is 44.1 Å². The van der Waals surface area contributed by atoms with Gasteiger partial charge in [0.15, 0.2) is 16.6 Å². The second-order valence-corrected chi connectivity index (χ2v) is 11.1. The van der Waals surface area contributed by atoms with E-state index in [1.165, 1.54) is 40.5 Å². The Morgan fingerprint density at radius 3 is 2.47 bits per heavy atom. The first kappa shape index (κ1) is 28.1. The first-order valence-corrected chi connectivity index (χ1v) is 14.5. The molecule has 1 saturated heterocycles. The van der Waals surface area contributed by atoms with Gasteiger partial charge in [-0.05, 0) is 79.1 Å². The van der Waals surface area contributed by atoms with Crippen molar-refractivity contribution in [3.05, 3.63) is 125 Å². The van der Waals surface area contributed by atoms with Gasteiger partial charge in [-0.15, -0.1) is 0 Å². The predicted octanol–water partition coefficient (Wildman–Crippen LogP) is 7.35. The molecule has 1 unspecified atom stereocenters. The van der Waals surface area contributed by atoms with Crippen molar-refractivity contribution in [3.8, 4) is 11.5 Å². The highest BCUT2D eigenvalue weighted by Crippen LogP contribution is 2.46. The zero-order valence-electron chi connectivity index (χ0n) is 23.4. The van der Waals surface area contributed by atoms with Crippen LogP contribution < -0.4 is 14.4 Å². The maximum Gasteiger partial charge on any atom is 0.301 e. The largest absolute Gasteiger partial charge is 0.507 e. The number of aliphatic hydroxyl groups is 1. The molecule has 1 aromatic heterocycles. The number of carbonyl (C=O) groups excluding carboxylic acids is 2. The maximum atomic E-state index is 13.7. The molecule has 0 spiro atoms. The van der Waals surface area contributed by atoms with Crippen LogP contribution in [0.25, 0.3) is 16.0 Å². The summed E-state index contributed by atoms with van der Waals surface area (Å²) in [6.07, 6.45) is 0. The maximum absolute atomic E-state index is 13.7. The van der Waals surface area contributed by atoms with Gasteiger partial charge in [0.1, 0.15) is 18.2 Å². The highest BCUT2D eigenvalue weighted by molar-refractivity contribution is 7.22. The lowest BCUT2D eigenvalue weighted by Gasteiger charge is -2.24. The summed E-state index contributed by atoms with van der Waals surface area (Å²) in [5.41, 5.74) is 3.28. The van der Waals surface area contributed by atoms with E-state index < -0.39 is 29.3 Å². The molecule has 6 rings (SSSR count). The first-order valence-electron chi connectivity index (χ1n) is 13.7. The number of benzene rings is 4. The smallest absolute Gasteiger partial charge is 0.301 e. The molecule has 0 saturated carbocycles. The Kier molecular flexibility index (Phi) is 7.65. The Morgan fingerprint density at radius 2 is 1.72 bits per heavy atom. The molecule has 0 radical (unpaired) electrons. The van der Waals surface area contributed by atoms with Crippen molar-refractivity contribution in [2.45, 2.75) is 26.5 Å². The van der Waals surface area contributed by atoms with Crippen LogP contribution >= 0.6 is 11.3 Å². The predicted molar refractivity (Wildman–Crippen MR) is 164 cm³/mol. The van der Waals surface area contributed by atoms with Gasteiger partial charge < -0.3 is 14.6 Å². The van der Waals surface area contributed by atoms with Crippen LogP contribution in [0, 0.1) is 12.7 Å². The molecule has 1 aliphatic heterocycles. The Bertz CT molecular complexity index is 1870. The Labute approximate surface area is 251 Å². The van der Waals surface area contributed by atoms with Gasteiger partial charge in [-0.25, -0.2) is 9.37 Å². The third kappa shape index (κ3) is 5.47. The zero-order valence-corrected chi connectivity index (χ0v) is 24.2. The number of aryl methyl sites for hydroxylation is 1. The summed E-state index contributed by atoms with van der Waals surface area (Å²) in [6, 6.07) is 24.7. The lowest BCUT2D eigenvalue weighted by atomic mass is 9.95. The highest BCUT2D eigenvalue weighted by Gasteiger charge is 2.48. The number of anilines is 1. The fraction of sp³-hybridized carbons (Fsp3) is 0.147. The summed E-state index contributed by atoms with van der Waals surface area (Å²) in [5.74, 6) is -1.70. The molecule has 0 bridgehead atoms. The number of rotatable bonds is 8. The minimum absolute atomic E-state index is 0.132. The molecule has 4 aromatic carbocycles. The molecule has 1 atom stereocenters. The van der Waals surface area contributed by atoms with Crippen molar-refractivity contribution in [2.75, 3.05) is 11.5 Å². The minimum Gasteiger partial charge on any atom is -0.507 e. The van der Waals surface area contributed by atoms with E-state index in [0.717, 1.165) is 15.8 Å². The molecule has 216 valence electrons. The van der Waals surface area contributed by atoms with Gasteiger partial charge in [0.05, 0.1) is 28.4 Å². The Morgan fingerprint density at radius 1 is 0.953 bits per heavy atom. The van der Waals surface area contributed by atoms with Crippen LogP contribution in [-0.2, 0) is 16.2 Å². The van der Waals surface area contributed by atoms with Crippen LogP contribution in [0.5, 0.6) is 11.5 Å². The number of amides is 1. The Balaban J connectivity index is 1.49. The topological polar surface area (TPSA) is 89.0 Å². The van der Waals surface area contributed by atoms with E-state index >= 15 is 0 Å². The standard InChI is InChI=1S/C34H27FN2O5S/c1-3-41-27-18-23(12-16-26(27)42-19-21-7-5-4-6-8-21)30-29(31(38)22-10-13-24(35)14-11-22)32(39)33(40)37(30)34-36-25-15-9-20(2)17-28(25)43-34/h4-18,30,38H,3,19H2,1-2H3/b31-29+. The number of thiazole rings is 1. The van der Waals surface area contributed by atoms with Gasteiger partial charge in [-0.1, -0.05) is 53.8 Å². The van der Waals surface area contributed by atoms with E-state index in [4.69, 9.17) is 9.47 Å². The van der Waals surface area contributed by atoms with Crippen LogP contribution in [0.15, 0.2) is 96.6 Å². The third-order valence-corrected chi connectivity index (χ3v) is 8.14. The van der Waals surface area contributed by atoms with E-state index in [9.17, 15) is 19.1 Å². The molecule has 1 fully saturated rings. The molecule has 0 aliphatic carbocycles. The van der Waals surface area contributed by atoms with Crippen LogP contribution in [0.1, 0.15) is 35.2 Å². The number of Topliss-reactive ketones (excluding diaryl/α,β-unsaturated/α-hetero) is 1. The third-order valence-electron chi connectivity index (χ3n) is 7.12. The summed E-state index contributed by atoms with van der Waals surface area (Å²) >= 11 is 1.28. The average Bonchev–Trinajstić information content (AvgIpc) is 3.54. The lowest BCUT2D eigenvalue weighted by molar-refractivity contribution is -0.132. The Hall–Kier alpha value is -5.02. The number of aliphatic hydroxyl groups excluding tert-OH is 1. The van der Waals surface area contributed by atoms with Crippen molar-refractivity contribution in [1.82, 2.24) is 4.98 Å². The van der Waals surface area contributed by atoms with E-state index in [-0.39, 0.29) is 11.1 Å². The number of halogens is 1. The van der Waals surface area contributed by atoms with Gasteiger partial charge in [0.25, 0.3) is 5.78 Å². The van der Waals surface area contributed by atoms with Gasteiger partial charge in [0, 0.05) is 5.56 Å². The monoisotopic (exact) mass is 594 g/mol. The van der Waals surface area contributed by atoms with Crippen LogP contribution in [0.2, 0.25) is 0 Å². The number of carbonyl (C=O) groups is 2. The van der Waals surface area contributed by atoms with E-state index in [1.807, 2.05) is 62.4 Å². The van der Waals surface area contributed by atoms with Gasteiger partial charge in [-0.3, -0.25) is 14.5 Å². The second kappa shape index (κ2) is 11.7.